The van der Waals surface area contributed by atoms with Crippen LogP contribution in [0.25, 0.3) is 0 Å². The fourth-order valence-electron chi connectivity index (χ4n) is 1.84. The third kappa shape index (κ3) is 5.03. The Morgan fingerprint density at radius 2 is 1.96 bits per heavy atom. The third-order valence-electron chi connectivity index (χ3n) is 3.03. The van der Waals surface area contributed by atoms with Crippen molar-refractivity contribution in [3.8, 4) is 0 Å². The number of nitrogens with one attached hydrogen (secondary N) is 2. The number of aromatic nitrogens is 1. The lowest BCUT2D eigenvalue weighted by Gasteiger charge is -2.08. The summed E-state index contributed by atoms with van der Waals surface area (Å²) in [5.41, 5.74) is 0.789. The summed E-state index contributed by atoms with van der Waals surface area (Å²) in [7, 11) is 0. The molecular formula is C16H15ClFN3O2. The van der Waals surface area contributed by atoms with Crippen molar-refractivity contribution in [3.63, 3.8) is 0 Å². The Morgan fingerprint density at radius 3 is 2.70 bits per heavy atom. The molecule has 120 valence electrons. The van der Waals surface area contributed by atoms with Crippen molar-refractivity contribution < 1.29 is 14.0 Å². The second-order valence-corrected chi connectivity index (χ2v) is 5.08. The lowest BCUT2D eigenvalue weighted by molar-refractivity contribution is -0.121. The van der Waals surface area contributed by atoms with E-state index in [1.54, 1.807) is 18.3 Å². The van der Waals surface area contributed by atoms with Crippen molar-refractivity contribution in [2.75, 3.05) is 6.54 Å². The summed E-state index contributed by atoms with van der Waals surface area (Å²) in [6.07, 6.45) is 1.75. The van der Waals surface area contributed by atoms with E-state index in [4.69, 9.17) is 11.6 Å². The van der Waals surface area contributed by atoms with Gasteiger partial charge in [0.05, 0.1) is 22.8 Å². The number of amides is 2. The van der Waals surface area contributed by atoms with Crippen molar-refractivity contribution in [1.29, 1.82) is 0 Å². The van der Waals surface area contributed by atoms with Gasteiger partial charge in [0.2, 0.25) is 5.91 Å². The lowest BCUT2D eigenvalue weighted by atomic mass is 10.2. The zero-order chi connectivity index (χ0) is 16.7. The number of nitrogens with zero attached hydrogens (tertiary/aromatic N) is 1. The monoisotopic (exact) mass is 335 g/mol. The van der Waals surface area contributed by atoms with E-state index in [0.717, 1.165) is 5.69 Å². The first-order chi connectivity index (χ1) is 11.1. The maximum atomic E-state index is 13.3. The molecule has 1 heterocycles. The van der Waals surface area contributed by atoms with E-state index >= 15 is 0 Å². The summed E-state index contributed by atoms with van der Waals surface area (Å²) in [5, 5.41) is 4.99. The SMILES string of the molecule is O=C(CCNC(=O)c1cccc(F)c1Cl)NCc1ccccn1. The Labute approximate surface area is 137 Å². The van der Waals surface area contributed by atoms with Crippen molar-refractivity contribution in [3.05, 3.63) is 64.7 Å². The molecule has 0 unspecified atom stereocenters. The highest BCUT2D eigenvalue weighted by atomic mass is 35.5. The van der Waals surface area contributed by atoms with Gasteiger partial charge in [-0.25, -0.2) is 4.39 Å². The van der Waals surface area contributed by atoms with Crippen LogP contribution in [0.3, 0.4) is 0 Å². The second kappa shape index (κ2) is 8.24. The lowest BCUT2D eigenvalue weighted by Crippen LogP contribution is -2.30. The highest BCUT2D eigenvalue weighted by Crippen LogP contribution is 2.19. The van der Waals surface area contributed by atoms with Crippen molar-refractivity contribution in [1.82, 2.24) is 15.6 Å². The molecule has 1 aromatic carbocycles. The first-order valence-electron chi connectivity index (χ1n) is 6.96. The van der Waals surface area contributed by atoms with Gasteiger partial charge in [-0.15, -0.1) is 0 Å². The zero-order valence-electron chi connectivity index (χ0n) is 12.2. The predicted molar refractivity (Wildman–Crippen MR) is 84.4 cm³/mol. The number of carbonyl (C=O) groups is 2. The minimum absolute atomic E-state index is 0.0422. The number of rotatable bonds is 6. The van der Waals surface area contributed by atoms with E-state index in [1.807, 2.05) is 6.07 Å². The van der Waals surface area contributed by atoms with E-state index in [-0.39, 0.29) is 29.5 Å². The largest absolute Gasteiger partial charge is 0.351 e. The summed E-state index contributed by atoms with van der Waals surface area (Å²) in [6.45, 7) is 0.447. The van der Waals surface area contributed by atoms with Crippen LogP contribution < -0.4 is 10.6 Å². The molecule has 0 aliphatic rings. The Kier molecular flexibility index (Phi) is 6.05. The number of pyridine rings is 1. The molecule has 0 saturated carbocycles. The molecule has 0 aliphatic carbocycles. The maximum absolute atomic E-state index is 13.3. The number of hydrogen-bond acceptors (Lipinski definition) is 3. The molecule has 0 bridgehead atoms. The molecule has 0 spiro atoms. The van der Waals surface area contributed by atoms with Gasteiger partial charge in [-0.1, -0.05) is 23.7 Å². The molecule has 0 atom stereocenters. The minimum atomic E-state index is -0.660. The third-order valence-corrected chi connectivity index (χ3v) is 3.41. The molecular weight excluding hydrogens is 321 g/mol. The average Bonchev–Trinajstić information content (AvgIpc) is 2.56. The van der Waals surface area contributed by atoms with Gasteiger partial charge in [0, 0.05) is 19.2 Å². The Balaban J connectivity index is 1.75. The van der Waals surface area contributed by atoms with Crippen LogP contribution >= 0.6 is 11.6 Å². The molecule has 2 aromatic rings. The van der Waals surface area contributed by atoms with E-state index < -0.39 is 11.7 Å². The van der Waals surface area contributed by atoms with Gasteiger partial charge < -0.3 is 10.6 Å². The summed E-state index contributed by atoms with van der Waals surface area (Å²) >= 11 is 5.73. The highest BCUT2D eigenvalue weighted by molar-refractivity contribution is 6.34. The molecule has 2 N–H and O–H groups in total. The normalized spacial score (nSPS) is 10.2. The van der Waals surface area contributed by atoms with Gasteiger partial charge in [-0.05, 0) is 24.3 Å². The fraction of sp³-hybridized carbons (Fsp3) is 0.188. The standard InChI is InChI=1S/C16H15ClFN3O2/c17-15-12(5-3-6-13(15)18)16(23)20-9-7-14(22)21-10-11-4-1-2-8-19-11/h1-6,8H,7,9-10H2,(H,20,23)(H,21,22). The first kappa shape index (κ1) is 16.9. The zero-order valence-corrected chi connectivity index (χ0v) is 12.9. The van der Waals surface area contributed by atoms with Crippen LogP contribution in [0.5, 0.6) is 0 Å². The molecule has 5 nitrogen and oxygen atoms in total. The van der Waals surface area contributed by atoms with Gasteiger partial charge in [0.25, 0.3) is 5.91 Å². The Hall–Kier alpha value is -2.47. The van der Waals surface area contributed by atoms with Gasteiger partial charge in [0.1, 0.15) is 5.82 Å². The molecule has 7 heteroatoms. The molecule has 0 fully saturated rings. The summed E-state index contributed by atoms with van der Waals surface area (Å²) < 4.78 is 13.3. The van der Waals surface area contributed by atoms with E-state index in [1.165, 1.54) is 18.2 Å². The molecule has 0 saturated heterocycles. The van der Waals surface area contributed by atoms with Gasteiger partial charge in [0.15, 0.2) is 0 Å². The Morgan fingerprint density at radius 1 is 1.13 bits per heavy atom. The second-order valence-electron chi connectivity index (χ2n) is 4.71. The van der Waals surface area contributed by atoms with Gasteiger partial charge in [-0.3, -0.25) is 14.6 Å². The van der Waals surface area contributed by atoms with E-state index in [2.05, 4.69) is 15.6 Å². The van der Waals surface area contributed by atoms with Gasteiger partial charge >= 0.3 is 0 Å². The highest BCUT2D eigenvalue weighted by Gasteiger charge is 2.13. The van der Waals surface area contributed by atoms with Crippen LogP contribution in [0.1, 0.15) is 22.5 Å². The topological polar surface area (TPSA) is 71.1 Å². The minimum Gasteiger partial charge on any atom is -0.351 e. The van der Waals surface area contributed by atoms with Crippen LogP contribution in [0.2, 0.25) is 5.02 Å². The molecule has 23 heavy (non-hydrogen) atoms. The molecule has 2 rings (SSSR count). The van der Waals surface area contributed by atoms with E-state index in [9.17, 15) is 14.0 Å². The number of hydrogen-bond donors (Lipinski definition) is 2. The van der Waals surface area contributed by atoms with Crippen molar-refractivity contribution in [2.24, 2.45) is 0 Å². The van der Waals surface area contributed by atoms with Crippen LogP contribution in [-0.4, -0.2) is 23.3 Å². The van der Waals surface area contributed by atoms with Gasteiger partial charge in [-0.2, -0.15) is 0 Å². The molecule has 2 amide bonds. The summed E-state index contributed by atoms with van der Waals surface area (Å²) in [6, 6.07) is 9.41. The fourth-order valence-corrected chi connectivity index (χ4v) is 2.06. The molecule has 1 aromatic heterocycles. The number of halogens is 2. The maximum Gasteiger partial charge on any atom is 0.252 e. The number of carbonyl (C=O) groups excluding carboxylic acids is 2. The van der Waals surface area contributed by atoms with Crippen LogP contribution in [0, 0.1) is 5.82 Å². The Bertz CT molecular complexity index is 695. The predicted octanol–water partition coefficient (Wildman–Crippen LogP) is 2.31. The quantitative estimate of drug-likeness (QED) is 0.851. The van der Waals surface area contributed by atoms with Crippen LogP contribution in [0.15, 0.2) is 42.6 Å². The van der Waals surface area contributed by atoms with Crippen molar-refractivity contribution in [2.45, 2.75) is 13.0 Å². The summed E-state index contributed by atoms with van der Waals surface area (Å²) in [4.78, 5) is 27.6. The van der Waals surface area contributed by atoms with E-state index in [0.29, 0.717) is 6.54 Å². The molecule has 0 aliphatic heterocycles. The summed E-state index contributed by atoms with van der Waals surface area (Å²) in [5.74, 6) is -1.40. The van der Waals surface area contributed by atoms with Crippen LogP contribution in [0.4, 0.5) is 4.39 Å². The average molecular weight is 336 g/mol. The van der Waals surface area contributed by atoms with Crippen molar-refractivity contribution >= 4 is 23.4 Å². The smallest absolute Gasteiger partial charge is 0.252 e. The van der Waals surface area contributed by atoms with Crippen LogP contribution in [-0.2, 0) is 11.3 Å². The first-order valence-corrected chi connectivity index (χ1v) is 7.34. The number of benzene rings is 1. The molecule has 0 radical (unpaired) electrons.